The van der Waals surface area contributed by atoms with Gasteiger partial charge in [0.05, 0.1) is 6.04 Å². The monoisotopic (exact) mass is 189 g/mol. The molecule has 0 aromatic heterocycles. The Bertz CT molecular complexity index is 316. The molecule has 2 aliphatic heterocycles. The second-order valence-corrected chi connectivity index (χ2v) is 4.33. The van der Waals surface area contributed by atoms with Gasteiger partial charge in [0.15, 0.2) is 0 Å². The van der Waals surface area contributed by atoms with Crippen LogP contribution in [-0.2, 0) is 0 Å². The Hall–Kier alpha value is -1.12. The summed E-state index contributed by atoms with van der Waals surface area (Å²) in [6, 6.07) is 0.459. The zero-order chi connectivity index (χ0) is 9.38. The Morgan fingerprint density at radius 1 is 1.43 bits per heavy atom. The van der Waals surface area contributed by atoms with Crippen molar-refractivity contribution in [2.24, 2.45) is 21.8 Å². The molecule has 0 radical (unpaired) electrons. The van der Waals surface area contributed by atoms with Crippen LogP contribution < -0.4 is 5.32 Å². The molecule has 1 saturated heterocycles. The van der Waals surface area contributed by atoms with E-state index in [9.17, 15) is 0 Å². The summed E-state index contributed by atoms with van der Waals surface area (Å²) < 4.78 is 0. The van der Waals surface area contributed by atoms with E-state index in [1.54, 1.807) is 6.34 Å². The minimum atomic E-state index is 0.442. The fourth-order valence-electron chi connectivity index (χ4n) is 2.65. The smallest absolute Gasteiger partial charge is 0.109 e. The van der Waals surface area contributed by atoms with Crippen LogP contribution in [0.4, 0.5) is 0 Å². The Morgan fingerprint density at radius 3 is 3.43 bits per heavy atom. The van der Waals surface area contributed by atoms with Crippen LogP contribution in [0.1, 0.15) is 19.3 Å². The number of fused-ring (bicyclic) bond motifs is 2. The summed E-state index contributed by atoms with van der Waals surface area (Å²) >= 11 is 0. The summed E-state index contributed by atoms with van der Waals surface area (Å²) in [6.07, 6.45) is 9.89. The third-order valence-electron chi connectivity index (χ3n) is 3.42. The van der Waals surface area contributed by atoms with Crippen LogP contribution in [0.15, 0.2) is 21.8 Å². The van der Waals surface area contributed by atoms with Gasteiger partial charge in [-0.25, -0.2) is 4.99 Å². The van der Waals surface area contributed by atoms with E-state index in [-0.39, 0.29) is 0 Å². The molecule has 1 fully saturated rings. The molecule has 1 N–H and O–H groups in total. The summed E-state index contributed by atoms with van der Waals surface area (Å²) in [4.78, 5) is 8.56. The zero-order valence-corrected chi connectivity index (χ0v) is 8.19. The number of aliphatic imine (C=N–C) groups is 2. The van der Waals surface area contributed by atoms with Gasteiger partial charge in [-0.3, -0.25) is 4.99 Å². The third kappa shape index (κ3) is 1.27. The molecular weight excluding hydrogens is 174 g/mol. The highest BCUT2D eigenvalue weighted by atomic mass is 15.0. The number of rotatable bonds is 0. The standard InChI is InChI=1S/C11H15N3/c1-2-8-4-11-9(6-12-7-14-11)5-10(8)13-3-1/h5-9,11,13H,1-4H2/t8-,9?,11-/m0/s1. The maximum absolute atomic E-state index is 4.45. The van der Waals surface area contributed by atoms with Crippen molar-refractivity contribution in [1.82, 2.24) is 5.32 Å². The molecule has 1 aliphatic carbocycles. The van der Waals surface area contributed by atoms with E-state index in [1.165, 1.54) is 25.0 Å². The summed E-state index contributed by atoms with van der Waals surface area (Å²) in [5.74, 6) is 1.17. The van der Waals surface area contributed by atoms with Crippen molar-refractivity contribution in [3.8, 4) is 0 Å². The van der Waals surface area contributed by atoms with Crippen LogP contribution >= 0.6 is 0 Å². The minimum Gasteiger partial charge on any atom is -0.388 e. The molecule has 0 aromatic rings. The number of hydrogen-bond donors (Lipinski definition) is 1. The molecule has 3 atom stereocenters. The lowest BCUT2D eigenvalue weighted by molar-refractivity contribution is 0.351. The van der Waals surface area contributed by atoms with Gasteiger partial charge in [0.2, 0.25) is 0 Å². The second kappa shape index (κ2) is 3.23. The van der Waals surface area contributed by atoms with Gasteiger partial charge in [-0.15, -0.1) is 0 Å². The molecule has 0 bridgehead atoms. The quantitative estimate of drug-likeness (QED) is 0.614. The van der Waals surface area contributed by atoms with Crippen LogP contribution in [0.5, 0.6) is 0 Å². The topological polar surface area (TPSA) is 36.8 Å². The molecule has 0 spiro atoms. The van der Waals surface area contributed by atoms with Crippen molar-refractivity contribution in [3.63, 3.8) is 0 Å². The Kier molecular flexibility index (Phi) is 1.89. The van der Waals surface area contributed by atoms with Gasteiger partial charge < -0.3 is 5.32 Å². The molecule has 0 amide bonds. The van der Waals surface area contributed by atoms with Gasteiger partial charge in [-0.2, -0.15) is 0 Å². The molecule has 2 heterocycles. The molecule has 0 saturated carbocycles. The maximum Gasteiger partial charge on any atom is 0.109 e. The van der Waals surface area contributed by atoms with E-state index < -0.39 is 0 Å². The maximum atomic E-state index is 4.45. The molecule has 0 aromatic carbocycles. The second-order valence-electron chi connectivity index (χ2n) is 4.33. The zero-order valence-electron chi connectivity index (χ0n) is 8.19. The lowest BCUT2D eigenvalue weighted by atomic mass is 9.78. The fraction of sp³-hybridized carbons (Fsp3) is 0.636. The largest absolute Gasteiger partial charge is 0.388 e. The van der Waals surface area contributed by atoms with E-state index in [1.807, 2.05) is 6.21 Å². The first-order chi connectivity index (χ1) is 6.93. The first-order valence-corrected chi connectivity index (χ1v) is 5.44. The van der Waals surface area contributed by atoms with Crippen LogP contribution in [0.25, 0.3) is 0 Å². The number of piperidine rings is 1. The highest BCUT2D eigenvalue weighted by Crippen LogP contribution is 2.34. The molecule has 14 heavy (non-hydrogen) atoms. The predicted molar refractivity (Wildman–Crippen MR) is 57.7 cm³/mol. The van der Waals surface area contributed by atoms with Crippen molar-refractivity contribution in [3.05, 3.63) is 11.8 Å². The normalized spacial score (nSPS) is 39.4. The van der Waals surface area contributed by atoms with Gasteiger partial charge in [-0.05, 0) is 19.3 Å². The van der Waals surface area contributed by atoms with Gasteiger partial charge in [0.1, 0.15) is 6.34 Å². The SMILES string of the molecule is C1=NC=N[C@H]2C[C@@H]3CCCNC3=CC12. The van der Waals surface area contributed by atoms with Gasteiger partial charge >= 0.3 is 0 Å². The van der Waals surface area contributed by atoms with Crippen LogP contribution in [-0.4, -0.2) is 25.1 Å². The molecule has 3 aliphatic rings. The van der Waals surface area contributed by atoms with E-state index >= 15 is 0 Å². The highest BCUT2D eigenvalue weighted by molar-refractivity contribution is 5.78. The first-order valence-electron chi connectivity index (χ1n) is 5.44. The summed E-state index contributed by atoms with van der Waals surface area (Å²) in [7, 11) is 0. The van der Waals surface area contributed by atoms with Gasteiger partial charge in [0.25, 0.3) is 0 Å². The van der Waals surface area contributed by atoms with Crippen LogP contribution in [0, 0.1) is 11.8 Å². The lowest BCUT2D eigenvalue weighted by Gasteiger charge is -2.36. The van der Waals surface area contributed by atoms with Crippen molar-refractivity contribution < 1.29 is 0 Å². The lowest BCUT2D eigenvalue weighted by Crippen LogP contribution is -2.37. The van der Waals surface area contributed by atoms with E-state index in [0.717, 1.165) is 12.5 Å². The molecular formula is C11H15N3. The molecule has 3 heteroatoms. The Labute approximate surface area is 84.0 Å². The molecule has 1 unspecified atom stereocenters. The van der Waals surface area contributed by atoms with Gasteiger partial charge in [-0.1, -0.05) is 6.08 Å². The predicted octanol–water partition coefficient (Wildman–Crippen LogP) is 1.37. The highest BCUT2D eigenvalue weighted by Gasteiger charge is 2.31. The minimum absolute atomic E-state index is 0.442. The van der Waals surface area contributed by atoms with Crippen molar-refractivity contribution in [1.29, 1.82) is 0 Å². The molecule has 3 nitrogen and oxygen atoms in total. The van der Waals surface area contributed by atoms with Crippen LogP contribution in [0.2, 0.25) is 0 Å². The van der Waals surface area contributed by atoms with Crippen molar-refractivity contribution in [2.75, 3.05) is 6.54 Å². The Morgan fingerprint density at radius 2 is 2.43 bits per heavy atom. The van der Waals surface area contributed by atoms with E-state index in [2.05, 4.69) is 21.4 Å². The van der Waals surface area contributed by atoms with Gasteiger partial charge in [0, 0.05) is 30.3 Å². The summed E-state index contributed by atoms with van der Waals surface area (Å²) in [6.45, 7) is 1.14. The first kappa shape index (κ1) is 8.21. The number of hydrogen-bond acceptors (Lipinski definition) is 3. The van der Waals surface area contributed by atoms with E-state index in [0.29, 0.717) is 12.0 Å². The third-order valence-corrected chi connectivity index (χ3v) is 3.42. The van der Waals surface area contributed by atoms with Crippen molar-refractivity contribution >= 4 is 12.6 Å². The molecule has 3 rings (SSSR count). The summed E-state index contributed by atoms with van der Waals surface area (Å²) in [5.41, 5.74) is 1.45. The average Bonchev–Trinajstić information content (AvgIpc) is 2.26. The Balaban J connectivity index is 1.88. The van der Waals surface area contributed by atoms with E-state index in [4.69, 9.17) is 0 Å². The number of nitrogens with one attached hydrogen (secondary N) is 1. The van der Waals surface area contributed by atoms with Crippen LogP contribution in [0.3, 0.4) is 0 Å². The number of nitrogens with zero attached hydrogens (tertiary/aromatic N) is 2. The molecule has 74 valence electrons. The average molecular weight is 189 g/mol. The van der Waals surface area contributed by atoms with Crippen molar-refractivity contribution in [2.45, 2.75) is 25.3 Å². The number of allylic oxidation sites excluding steroid dienone is 1. The fourth-order valence-corrected chi connectivity index (χ4v) is 2.65. The summed E-state index contributed by atoms with van der Waals surface area (Å²) in [5, 5.41) is 3.50.